The van der Waals surface area contributed by atoms with Crippen LogP contribution in [0.2, 0.25) is 0 Å². The summed E-state index contributed by atoms with van der Waals surface area (Å²) in [4.78, 5) is 25.4. The number of carboxylic acids is 1. The van der Waals surface area contributed by atoms with Crippen LogP contribution in [0.3, 0.4) is 0 Å². The molecule has 0 saturated carbocycles. The maximum atomic E-state index is 12.2. The van der Waals surface area contributed by atoms with Gasteiger partial charge in [0.15, 0.2) is 0 Å². The first-order chi connectivity index (χ1) is 9.98. The molecule has 0 aromatic carbocycles. The van der Waals surface area contributed by atoms with Crippen LogP contribution in [0.4, 0.5) is 4.79 Å². The molecule has 2 N–H and O–H groups in total. The predicted octanol–water partition coefficient (Wildman–Crippen LogP) is 1.70. The van der Waals surface area contributed by atoms with Crippen LogP contribution in [0.25, 0.3) is 0 Å². The van der Waals surface area contributed by atoms with Gasteiger partial charge in [-0.25, -0.2) is 4.79 Å². The second-order valence-corrected chi connectivity index (χ2v) is 6.32. The molecule has 0 aromatic heterocycles. The van der Waals surface area contributed by atoms with Crippen LogP contribution in [0, 0.1) is 11.3 Å². The molecule has 0 bridgehead atoms. The van der Waals surface area contributed by atoms with E-state index in [1.165, 1.54) is 0 Å². The highest BCUT2D eigenvalue weighted by molar-refractivity contribution is 5.79. The van der Waals surface area contributed by atoms with Crippen LogP contribution < -0.4 is 5.32 Å². The molecule has 2 amide bonds. The van der Waals surface area contributed by atoms with Gasteiger partial charge in [0.1, 0.15) is 0 Å². The lowest BCUT2D eigenvalue weighted by atomic mass is 9.83. The minimum atomic E-state index is -0.780. The number of nitrogens with zero attached hydrogens (tertiary/aromatic N) is 1. The molecule has 120 valence electrons. The van der Waals surface area contributed by atoms with Gasteiger partial charge in [-0.1, -0.05) is 13.3 Å². The number of nitrogens with one attached hydrogen (secondary N) is 1. The molecule has 2 heterocycles. The number of ether oxygens (including phenoxy) is 1. The molecule has 3 atom stereocenters. The third kappa shape index (κ3) is 3.48. The lowest BCUT2D eigenvalue weighted by Gasteiger charge is -2.25. The number of carbonyl (C=O) groups is 2. The summed E-state index contributed by atoms with van der Waals surface area (Å²) >= 11 is 0. The Balaban J connectivity index is 1.85. The molecule has 6 nitrogen and oxygen atoms in total. The lowest BCUT2D eigenvalue weighted by molar-refractivity contribution is -0.148. The van der Waals surface area contributed by atoms with Crippen molar-refractivity contribution < 1.29 is 19.4 Å². The minimum Gasteiger partial charge on any atom is -0.481 e. The van der Waals surface area contributed by atoms with E-state index in [1.807, 2.05) is 13.8 Å². The number of aliphatic carboxylic acids is 1. The van der Waals surface area contributed by atoms with Crippen LogP contribution in [0.15, 0.2) is 0 Å². The summed E-state index contributed by atoms with van der Waals surface area (Å²) < 4.78 is 5.48. The molecule has 6 heteroatoms. The van der Waals surface area contributed by atoms with E-state index in [0.717, 1.165) is 19.4 Å². The van der Waals surface area contributed by atoms with E-state index >= 15 is 0 Å². The van der Waals surface area contributed by atoms with Gasteiger partial charge < -0.3 is 20.1 Å². The monoisotopic (exact) mass is 298 g/mol. The highest BCUT2D eigenvalue weighted by atomic mass is 16.5. The van der Waals surface area contributed by atoms with Crippen molar-refractivity contribution in [2.45, 2.75) is 45.6 Å². The van der Waals surface area contributed by atoms with Gasteiger partial charge in [-0.3, -0.25) is 4.79 Å². The quantitative estimate of drug-likeness (QED) is 0.809. The van der Waals surface area contributed by atoms with E-state index in [9.17, 15) is 14.7 Å². The zero-order chi connectivity index (χ0) is 15.5. The summed E-state index contributed by atoms with van der Waals surface area (Å²) in [6.45, 7) is 6.20. The van der Waals surface area contributed by atoms with Crippen molar-refractivity contribution in [2.75, 3.05) is 26.2 Å². The van der Waals surface area contributed by atoms with Gasteiger partial charge in [-0.15, -0.1) is 0 Å². The van der Waals surface area contributed by atoms with Crippen molar-refractivity contribution in [1.29, 1.82) is 0 Å². The van der Waals surface area contributed by atoms with Crippen molar-refractivity contribution in [3.63, 3.8) is 0 Å². The fourth-order valence-electron chi connectivity index (χ4n) is 3.38. The molecule has 2 saturated heterocycles. The topological polar surface area (TPSA) is 78.9 Å². The minimum absolute atomic E-state index is 0.145. The van der Waals surface area contributed by atoms with Crippen LogP contribution in [0.5, 0.6) is 0 Å². The van der Waals surface area contributed by atoms with E-state index in [-0.39, 0.29) is 12.1 Å². The van der Waals surface area contributed by atoms with Crippen molar-refractivity contribution in [3.05, 3.63) is 0 Å². The first-order valence-electron chi connectivity index (χ1n) is 7.86. The van der Waals surface area contributed by atoms with E-state index in [4.69, 9.17) is 4.74 Å². The molecule has 3 unspecified atom stereocenters. The molecule has 2 fully saturated rings. The SMILES string of the molecule is CCCC1(C(=O)O)CCN(C(=O)NCC2CCOC2C)C1. The smallest absolute Gasteiger partial charge is 0.317 e. The van der Waals surface area contributed by atoms with E-state index < -0.39 is 11.4 Å². The standard InChI is InChI=1S/C15H26N2O4/c1-3-5-15(13(18)19)6-7-17(10-15)14(20)16-9-12-4-8-21-11(12)2/h11-12H,3-10H2,1-2H3,(H,16,20)(H,18,19). The fraction of sp³-hybridized carbons (Fsp3) is 0.867. The summed E-state index contributed by atoms with van der Waals surface area (Å²) in [5.74, 6) is -0.422. The Kier molecular flexibility index (Phi) is 5.08. The van der Waals surface area contributed by atoms with Gasteiger partial charge in [0.05, 0.1) is 11.5 Å². The Hall–Kier alpha value is -1.30. The van der Waals surface area contributed by atoms with Gasteiger partial charge in [-0.05, 0) is 26.2 Å². The van der Waals surface area contributed by atoms with Gasteiger partial charge in [-0.2, -0.15) is 0 Å². The van der Waals surface area contributed by atoms with Gasteiger partial charge in [0.25, 0.3) is 0 Å². The summed E-state index contributed by atoms with van der Waals surface area (Å²) in [7, 11) is 0. The summed E-state index contributed by atoms with van der Waals surface area (Å²) in [5, 5.41) is 12.4. The maximum Gasteiger partial charge on any atom is 0.317 e. The van der Waals surface area contributed by atoms with Crippen molar-refractivity contribution in [3.8, 4) is 0 Å². The molecule has 0 radical (unpaired) electrons. The molecule has 2 aliphatic rings. The lowest BCUT2D eigenvalue weighted by Crippen LogP contribution is -2.43. The number of rotatable bonds is 5. The number of urea groups is 1. The molecule has 0 spiro atoms. The van der Waals surface area contributed by atoms with Crippen molar-refractivity contribution >= 4 is 12.0 Å². The van der Waals surface area contributed by atoms with Gasteiger partial charge >= 0.3 is 12.0 Å². The summed E-state index contributed by atoms with van der Waals surface area (Å²) in [6, 6.07) is -0.145. The zero-order valence-corrected chi connectivity index (χ0v) is 12.9. The first-order valence-corrected chi connectivity index (χ1v) is 7.86. The molecule has 21 heavy (non-hydrogen) atoms. The molecular formula is C15H26N2O4. The number of carbonyl (C=O) groups excluding carboxylic acids is 1. The van der Waals surface area contributed by atoms with E-state index in [1.54, 1.807) is 4.90 Å². The van der Waals surface area contributed by atoms with Crippen molar-refractivity contribution in [1.82, 2.24) is 10.2 Å². The predicted molar refractivity (Wildman–Crippen MR) is 78.1 cm³/mol. The Labute approximate surface area is 125 Å². The second kappa shape index (κ2) is 6.64. The van der Waals surface area contributed by atoms with E-state index in [2.05, 4.69) is 5.32 Å². The molecule has 2 rings (SSSR count). The number of hydrogen-bond donors (Lipinski definition) is 2. The Morgan fingerprint density at radius 3 is 2.81 bits per heavy atom. The number of amides is 2. The molecule has 2 aliphatic heterocycles. The van der Waals surface area contributed by atoms with Crippen LogP contribution >= 0.6 is 0 Å². The summed E-state index contributed by atoms with van der Waals surface area (Å²) in [5.41, 5.74) is -0.754. The average Bonchev–Trinajstić information content (AvgIpc) is 3.04. The number of likely N-dealkylation sites (tertiary alicyclic amines) is 1. The largest absolute Gasteiger partial charge is 0.481 e. The Morgan fingerprint density at radius 2 is 2.24 bits per heavy atom. The third-order valence-electron chi connectivity index (χ3n) is 4.87. The zero-order valence-electron chi connectivity index (χ0n) is 12.9. The third-order valence-corrected chi connectivity index (χ3v) is 4.87. The second-order valence-electron chi connectivity index (χ2n) is 6.32. The molecule has 0 aliphatic carbocycles. The van der Waals surface area contributed by atoms with Crippen LogP contribution in [-0.2, 0) is 9.53 Å². The maximum absolute atomic E-state index is 12.2. The Morgan fingerprint density at radius 1 is 1.48 bits per heavy atom. The Bertz CT molecular complexity index is 401. The van der Waals surface area contributed by atoms with Gasteiger partial charge in [0, 0.05) is 32.2 Å². The van der Waals surface area contributed by atoms with E-state index in [0.29, 0.717) is 38.4 Å². The van der Waals surface area contributed by atoms with Gasteiger partial charge in [0.2, 0.25) is 0 Å². The highest BCUT2D eigenvalue weighted by Crippen LogP contribution is 2.35. The average molecular weight is 298 g/mol. The number of carboxylic acid groups (broad SMARTS) is 1. The highest BCUT2D eigenvalue weighted by Gasteiger charge is 2.45. The van der Waals surface area contributed by atoms with Crippen LogP contribution in [0.1, 0.15) is 39.5 Å². The fourth-order valence-corrected chi connectivity index (χ4v) is 3.38. The molecule has 0 aromatic rings. The summed E-state index contributed by atoms with van der Waals surface area (Å²) in [6.07, 6.45) is 3.14. The molecular weight excluding hydrogens is 272 g/mol. The first kappa shape index (κ1) is 16.1. The van der Waals surface area contributed by atoms with Crippen LogP contribution in [-0.4, -0.2) is 54.4 Å². The normalized spacial score (nSPS) is 32.4. The number of hydrogen-bond acceptors (Lipinski definition) is 3. The van der Waals surface area contributed by atoms with Crippen molar-refractivity contribution in [2.24, 2.45) is 11.3 Å².